The predicted molar refractivity (Wildman–Crippen MR) is 12.8 cm³/mol. The van der Waals surface area contributed by atoms with Crippen molar-refractivity contribution in [1.82, 2.24) is 10.9 Å². The average molecular weight is 54.1 g/mol. The van der Waals surface area contributed by atoms with Crippen molar-refractivity contribution in [3.8, 4) is 0 Å². The fourth-order valence-corrected chi connectivity index (χ4v) is 0. The van der Waals surface area contributed by atoms with Gasteiger partial charge >= 0.3 is 0 Å². The average Bonchev–Trinajstić information content (AvgIpc) is 1.37. The van der Waals surface area contributed by atoms with Gasteiger partial charge in [-0.1, -0.05) is 0 Å². The van der Waals surface area contributed by atoms with Crippen molar-refractivity contribution in [3.05, 3.63) is 14.1 Å². The molecule has 0 aliphatic heterocycles. The summed E-state index contributed by atoms with van der Waals surface area (Å²) in [6.45, 7) is 0. The molecule has 0 aliphatic carbocycles. The van der Waals surface area contributed by atoms with E-state index >= 15 is 0 Å². The molecule has 20 valence electrons. The quantitative estimate of drug-likeness (QED) is 0.382. The molecule has 0 aromatic heterocycles. The van der Waals surface area contributed by atoms with Crippen molar-refractivity contribution in [2.24, 2.45) is 0 Å². The Labute approximate surface area is 26.2 Å². The van der Waals surface area contributed by atoms with Crippen LogP contribution in [0.15, 0.2) is 0 Å². The van der Waals surface area contributed by atoms with Crippen molar-refractivity contribution in [3.63, 3.8) is 0 Å². The molecule has 0 saturated carbocycles. The summed E-state index contributed by atoms with van der Waals surface area (Å²) in [6, 6.07) is 0. The predicted octanol–water partition coefficient (Wildman–Crippen LogP) is -0.828. The van der Waals surface area contributed by atoms with Crippen molar-refractivity contribution in [2.45, 2.75) is 0 Å². The molecule has 2 nitrogen and oxygen atoms in total. The lowest BCUT2D eigenvalue weighted by atomic mass is 11.4. The zero-order valence-corrected chi connectivity index (χ0v) is 2.00. The van der Waals surface area contributed by atoms with Gasteiger partial charge < -0.3 is 0 Å². The van der Waals surface area contributed by atoms with E-state index in [4.69, 9.17) is 14.1 Å². The highest BCUT2D eigenvalue weighted by atomic mass is 15.3. The van der Waals surface area contributed by atoms with E-state index in [1.165, 1.54) is 0 Å². The smallest absolute Gasteiger partial charge is 0.103 e. The lowest BCUT2D eigenvalue weighted by Gasteiger charge is -1.78. The molecule has 0 atom stereocenters. The van der Waals surface area contributed by atoms with Gasteiger partial charge in [-0.25, -0.2) is 10.9 Å². The van der Waals surface area contributed by atoms with Crippen LogP contribution in [0.25, 0.3) is 0 Å². The van der Waals surface area contributed by atoms with Crippen LogP contribution in [0, 0.1) is 14.1 Å². The Balaban J connectivity index is 1.97. The first-order valence-corrected chi connectivity index (χ1v) is 0.750. The minimum Gasteiger partial charge on any atom is -0.245 e. The number of hydrazine groups is 1. The molecule has 0 unspecified atom stereocenters. The minimum absolute atomic E-state index is 1.60. The summed E-state index contributed by atoms with van der Waals surface area (Å²) in [4.78, 5) is 0. The Hall–Kier alpha value is -0.0800. The first kappa shape index (κ1) is 3.92. The van der Waals surface area contributed by atoms with E-state index < -0.39 is 0 Å². The van der Waals surface area contributed by atoms with Crippen molar-refractivity contribution in [1.29, 1.82) is 0 Å². The number of hydrogen-bond acceptors (Lipinski definition) is 2. The first-order valence-electron chi connectivity index (χ1n) is 0.750. The summed E-state index contributed by atoms with van der Waals surface area (Å²) in [5, 5.41) is 0. The van der Waals surface area contributed by atoms with E-state index in [1.807, 2.05) is 0 Å². The Morgan fingerprint density at radius 2 is 1.25 bits per heavy atom. The molecule has 0 bridgehead atoms. The molecule has 0 heterocycles. The van der Waals surface area contributed by atoms with Gasteiger partial charge in [0.15, 0.2) is 0 Å². The van der Waals surface area contributed by atoms with Crippen LogP contribution in [0.4, 0.5) is 0 Å². The molecule has 0 fully saturated rings. The number of hydrogen-bond donors (Lipinski definition) is 2. The second kappa shape index (κ2) is 2.92. The molecule has 0 saturated heterocycles. The molecule has 2 N–H and O–H groups in total. The lowest BCUT2D eigenvalue weighted by Crippen LogP contribution is -2.16. The van der Waals surface area contributed by atoms with Crippen LogP contribution >= 0.6 is 0 Å². The maximum atomic E-state index is 5.90. The van der Waals surface area contributed by atoms with Gasteiger partial charge in [-0.05, 0) is 0 Å². The van der Waals surface area contributed by atoms with E-state index in [9.17, 15) is 0 Å². The summed E-state index contributed by atoms with van der Waals surface area (Å²) in [7, 11) is 11.8. The highest BCUT2D eigenvalue weighted by Crippen LogP contribution is 1.19. The van der Waals surface area contributed by atoms with Crippen LogP contribution in [0.5, 0.6) is 0 Å². The van der Waals surface area contributed by atoms with E-state index in [0.29, 0.717) is 0 Å². The van der Waals surface area contributed by atoms with E-state index in [1.54, 1.807) is 10.9 Å². The zero-order chi connectivity index (χ0) is 3.41. The summed E-state index contributed by atoms with van der Waals surface area (Å²) in [6.07, 6.45) is 0. The Morgan fingerprint density at radius 3 is 1.25 bits per heavy atom. The van der Waals surface area contributed by atoms with E-state index in [2.05, 4.69) is 0 Å². The van der Waals surface area contributed by atoms with Gasteiger partial charge in [0.1, 0.15) is 14.1 Å². The van der Waals surface area contributed by atoms with E-state index in [0.717, 1.165) is 0 Å². The number of rotatable bonds is 1. The second-order valence-electron chi connectivity index (χ2n) is 0.250. The Kier molecular flexibility index (Phi) is 2.86. The second-order valence-corrected chi connectivity index (χ2v) is 0.250. The van der Waals surface area contributed by atoms with Crippen LogP contribution in [0.2, 0.25) is 0 Å². The third-order valence-corrected chi connectivity index (χ3v) is 0.0625. The fraction of sp³-hybridized carbons (Fsp3) is 0. The van der Waals surface area contributed by atoms with Gasteiger partial charge in [0.2, 0.25) is 0 Å². The summed E-state index contributed by atoms with van der Waals surface area (Å²) in [5.74, 6) is 0. The summed E-state index contributed by atoms with van der Waals surface area (Å²) < 4.78 is 0. The largest absolute Gasteiger partial charge is 0.245 e. The first-order chi connectivity index (χ1) is 1.91. The van der Waals surface area contributed by atoms with Crippen LogP contribution in [-0.2, 0) is 0 Å². The molecule has 0 spiro atoms. The normalized spacial score (nSPS) is 7.50. The van der Waals surface area contributed by atoms with Crippen LogP contribution in [-0.4, -0.2) is 0 Å². The SMILES string of the molecule is [C]NN[C]. The third-order valence-electron chi connectivity index (χ3n) is 0.0625. The van der Waals surface area contributed by atoms with Gasteiger partial charge in [-0.2, -0.15) is 0 Å². The maximum Gasteiger partial charge on any atom is 0.103 e. The maximum absolute atomic E-state index is 5.90. The Morgan fingerprint density at radius 1 is 1.00 bits per heavy atom. The van der Waals surface area contributed by atoms with Crippen molar-refractivity contribution in [2.75, 3.05) is 0 Å². The van der Waals surface area contributed by atoms with Gasteiger partial charge in [-0.3, -0.25) is 0 Å². The fourth-order valence-electron chi connectivity index (χ4n) is 0. The third kappa shape index (κ3) is 1.92. The van der Waals surface area contributed by atoms with Gasteiger partial charge in [0.05, 0.1) is 0 Å². The lowest BCUT2D eigenvalue weighted by molar-refractivity contribution is 0.769. The molecule has 0 aliphatic rings. The minimum atomic E-state index is 1.60. The highest BCUT2D eigenvalue weighted by Gasteiger charge is 1.48. The monoisotopic (exact) mass is 54.0 g/mol. The van der Waals surface area contributed by atoms with Gasteiger partial charge in [0, 0.05) is 0 Å². The van der Waals surface area contributed by atoms with Crippen LogP contribution in [0.3, 0.4) is 0 Å². The standard InChI is InChI=1S/C2H2N2/c1-3-4-2/h3-4H. The molecule has 0 aromatic carbocycles. The van der Waals surface area contributed by atoms with E-state index in [-0.39, 0.29) is 0 Å². The molecular weight excluding hydrogens is 52.0 g/mol. The van der Waals surface area contributed by atoms with Gasteiger partial charge in [0.25, 0.3) is 0 Å². The molecule has 0 amide bonds. The van der Waals surface area contributed by atoms with Crippen LogP contribution in [0.1, 0.15) is 0 Å². The molecule has 6 radical (unpaired) electrons. The molecule has 0 aromatic rings. The zero-order valence-electron chi connectivity index (χ0n) is 2.00. The molecule has 0 rings (SSSR count). The van der Waals surface area contributed by atoms with Crippen molar-refractivity contribution >= 4 is 0 Å². The molecular formula is C2H2N2. The molecule has 2 heteroatoms. The number of nitrogens with one attached hydrogen (secondary N) is 2. The summed E-state index contributed by atoms with van der Waals surface area (Å²) in [5.41, 5.74) is 3.19. The van der Waals surface area contributed by atoms with Crippen LogP contribution < -0.4 is 10.9 Å². The Bertz CT molecular complexity index is 6.00. The molecule has 4 heavy (non-hydrogen) atoms. The highest BCUT2D eigenvalue weighted by molar-refractivity contribution is 4.21. The summed E-state index contributed by atoms with van der Waals surface area (Å²) >= 11 is 0. The topological polar surface area (TPSA) is 24.1 Å². The van der Waals surface area contributed by atoms with Crippen molar-refractivity contribution < 1.29 is 0 Å². The van der Waals surface area contributed by atoms with Gasteiger partial charge in [-0.15, -0.1) is 0 Å².